The highest BCUT2D eigenvalue weighted by Gasteiger charge is 2.08. The first-order valence-corrected chi connectivity index (χ1v) is 4.57. The summed E-state index contributed by atoms with van der Waals surface area (Å²) in [5.41, 5.74) is 1.01. The average molecular weight is 194 g/mol. The van der Waals surface area contributed by atoms with Crippen LogP contribution in [-0.2, 0) is 4.74 Å². The molecule has 1 aromatic heterocycles. The molecule has 0 aromatic carbocycles. The van der Waals surface area contributed by atoms with E-state index in [1.54, 1.807) is 19.3 Å². The van der Waals surface area contributed by atoms with Gasteiger partial charge in [0.1, 0.15) is 0 Å². The third-order valence-electron chi connectivity index (χ3n) is 1.82. The van der Waals surface area contributed by atoms with Crippen LogP contribution in [0.5, 0.6) is 0 Å². The molecule has 1 atom stereocenters. The van der Waals surface area contributed by atoms with E-state index in [9.17, 15) is 4.79 Å². The lowest BCUT2D eigenvalue weighted by Gasteiger charge is -2.13. The molecule has 1 N–H and O–H groups in total. The van der Waals surface area contributed by atoms with Gasteiger partial charge in [-0.3, -0.25) is 4.98 Å². The second kappa shape index (κ2) is 5.21. The monoisotopic (exact) mass is 194 g/mol. The summed E-state index contributed by atoms with van der Waals surface area (Å²) in [5, 5.41) is 2.71. The molecule has 1 rings (SSSR count). The first-order chi connectivity index (χ1) is 6.74. The molecular formula is C10H14N2O2. The molecule has 0 bridgehead atoms. The van der Waals surface area contributed by atoms with Crippen molar-refractivity contribution in [1.82, 2.24) is 10.3 Å². The van der Waals surface area contributed by atoms with Gasteiger partial charge in [-0.1, -0.05) is 0 Å². The zero-order valence-corrected chi connectivity index (χ0v) is 8.36. The highest BCUT2D eigenvalue weighted by molar-refractivity contribution is 5.67. The number of carbonyl (C=O) groups excluding carboxylic acids is 1. The summed E-state index contributed by atoms with van der Waals surface area (Å²) < 4.78 is 4.77. The molecule has 1 heterocycles. The lowest BCUT2D eigenvalue weighted by Crippen LogP contribution is -2.27. The van der Waals surface area contributed by atoms with Crippen LogP contribution in [-0.4, -0.2) is 17.7 Å². The van der Waals surface area contributed by atoms with E-state index in [0.29, 0.717) is 6.61 Å². The SMILES string of the molecule is CCOC(=O)N[C@@H](C)c1ccncc1. The quantitative estimate of drug-likeness (QED) is 0.799. The van der Waals surface area contributed by atoms with Crippen molar-refractivity contribution in [1.29, 1.82) is 0 Å². The van der Waals surface area contributed by atoms with Crippen molar-refractivity contribution in [3.63, 3.8) is 0 Å². The largest absolute Gasteiger partial charge is 0.450 e. The highest BCUT2D eigenvalue weighted by Crippen LogP contribution is 2.09. The molecule has 0 fully saturated rings. The van der Waals surface area contributed by atoms with Crippen LogP contribution in [0.1, 0.15) is 25.5 Å². The van der Waals surface area contributed by atoms with Crippen LogP contribution in [0.4, 0.5) is 4.79 Å². The second-order valence-electron chi connectivity index (χ2n) is 2.87. The number of hydrogen-bond donors (Lipinski definition) is 1. The first-order valence-electron chi connectivity index (χ1n) is 4.57. The van der Waals surface area contributed by atoms with Gasteiger partial charge >= 0.3 is 6.09 Å². The number of nitrogens with zero attached hydrogens (tertiary/aromatic N) is 1. The smallest absolute Gasteiger partial charge is 0.407 e. The molecule has 0 aliphatic rings. The summed E-state index contributed by atoms with van der Waals surface area (Å²) in [4.78, 5) is 15.0. The van der Waals surface area contributed by atoms with Crippen molar-refractivity contribution >= 4 is 6.09 Å². The summed E-state index contributed by atoms with van der Waals surface area (Å²) in [6.45, 7) is 4.05. The van der Waals surface area contributed by atoms with Crippen LogP contribution in [0.25, 0.3) is 0 Å². The summed E-state index contributed by atoms with van der Waals surface area (Å²) in [7, 11) is 0. The van der Waals surface area contributed by atoms with Crippen molar-refractivity contribution in [2.75, 3.05) is 6.61 Å². The number of ether oxygens (including phenoxy) is 1. The van der Waals surface area contributed by atoms with E-state index < -0.39 is 6.09 Å². The molecular weight excluding hydrogens is 180 g/mol. The number of pyridine rings is 1. The predicted octanol–water partition coefficient (Wildman–Crippen LogP) is 1.89. The molecule has 1 aromatic rings. The van der Waals surface area contributed by atoms with Crippen LogP contribution in [0.15, 0.2) is 24.5 Å². The fraction of sp³-hybridized carbons (Fsp3) is 0.400. The number of alkyl carbamates (subject to hydrolysis) is 1. The standard InChI is InChI=1S/C10H14N2O2/c1-3-14-10(13)12-8(2)9-4-6-11-7-5-9/h4-8H,3H2,1-2H3,(H,12,13)/t8-/m0/s1. The molecule has 76 valence electrons. The van der Waals surface area contributed by atoms with Crippen LogP contribution >= 0.6 is 0 Å². The van der Waals surface area contributed by atoms with E-state index in [1.165, 1.54) is 0 Å². The Balaban J connectivity index is 2.50. The maximum Gasteiger partial charge on any atom is 0.407 e. The maximum absolute atomic E-state index is 11.1. The normalized spacial score (nSPS) is 11.9. The van der Waals surface area contributed by atoms with E-state index in [2.05, 4.69) is 10.3 Å². The summed E-state index contributed by atoms with van der Waals surface area (Å²) in [6, 6.07) is 3.66. The summed E-state index contributed by atoms with van der Waals surface area (Å²) in [6.07, 6.45) is 2.99. The molecule has 1 amide bonds. The fourth-order valence-electron chi connectivity index (χ4n) is 1.08. The number of nitrogens with one attached hydrogen (secondary N) is 1. The third-order valence-corrected chi connectivity index (χ3v) is 1.82. The highest BCUT2D eigenvalue weighted by atomic mass is 16.5. The molecule has 0 aliphatic heterocycles. The zero-order valence-electron chi connectivity index (χ0n) is 8.36. The van der Waals surface area contributed by atoms with Crippen molar-refractivity contribution in [3.8, 4) is 0 Å². The fourth-order valence-corrected chi connectivity index (χ4v) is 1.08. The molecule has 0 spiro atoms. The van der Waals surface area contributed by atoms with Gasteiger partial charge < -0.3 is 10.1 Å². The zero-order chi connectivity index (χ0) is 10.4. The predicted molar refractivity (Wildman–Crippen MR) is 52.8 cm³/mol. The van der Waals surface area contributed by atoms with Gasteiger partial charge in [-0.05, 0) is 31.5 Å². The molecule has 0 radical (unpaired) electrons. The number of aromatic nitrogens is 1. The number of rotatable bonds is 3. The number of amides is 1. The topological polar surface area (TPSA) is 51.2 Å². The van der Waals surface area contributed by atoms with Gasteiger partial charge in [-0.2, -0.15) is 0 Å². The molecule has 4 heteroatoms. The van der Waals surface area contributed by atoms with Crippen molar-refractivity contribution in [3.05, 3.63) is 30.1 Å². The van der Waals surface area contributed by atoms with Gasteiger partial charge in [0.05, 0.1) is 12.6 Å². The Morgan fingerprint density at radius 2 is 2.21 bits per heavy atom. The first kappa shape index (κ1) is 10.5. The van der Waals surface area contributed by atoms with Gasteiger partial charge in [0, 0.05) is 12.4 Å². The lowest BCUT2D eigenvalue weighted by molar-refractivity contribution is 0.149. The Hall–Kier alpha value is -1.58. The van der Waals surface area contributed by atoms with Crippen molar-refractivity contribution < 1.29 is 9.53 Å². The summed E-state index contributed by atoms with van der Waals surface area (Å²) >= 11 is 0. The lowest BCUT2D eigenvalue weighted by atomic mass is 10.1. The second-order valence-corrected chi connectivity index (χ2v) is 2.87. The van der Waals surface area contributed by atoms with Gasteiger partial charge in [-0.25, -0.2) is 4.79 Å². The Bertz CT molecular complexity index is 287. The Morgan fingerprint density at radius 3 is 2.79 bits per heavy atom. The minimum atomic E-state index is -0.392. The molecule has 0 unspecified atom stereocenters. The van der Waals surface area contributed by atoms with E-state index in [0.717, 1.165) is 5.56 Å². The van der Waals surface area contributed by atoms with Gasteiger partial charge in [0.2, 0.25) is 0 Å². The van der Waals surface area contributed by atoms with E-state index in [-0.39, 0.29) is 6.04 Å². The van der Waals surface area contributed by atoms with Gasteiger partial charge in [-0.15, -0.1) is 0 Å². The van der Waals surface area contributed by atoms with Gasteiger partial charge in [0.15, 0.2) is 0 Å². The molecule has 14 heavy (non-hydrogen) atoms. The minimum Gasteiger partial charge on any atom is -0.450 e. The van der Waals surface area contributed by atoms with Crippen LogP contribution in [0, 0.1) is 0 Å². The van der Waals surface area contributed by atoms with E-state index in [4.69, 9.17) is 4.74 Å². The Morgan fingerprint density at radius 1 is 1.57 bits per heavy atom. The van der Waals surface area contributed by atoms with Crippen molar-refractivity contribution in [2.24, 2.45) is 0 Å². The third kappa shape index (κ3) is 3.05. The summed E-state index contributed by atoms with van der Waals surface area (Å²) in [5.74, 6) is 0. The minimum absolute atomic E-state index is 0.0583. The Labute approximate surface area is 83.3 Å². The van der Waals surface area contributed by atoms with Crippen LogP contribution in [0.2, 0.25) is 0 Å². The average Bonchev–Trinajstić information content (AvgIpc) is 2.19. The molecule has 0 aliphatic carbocycles. The van der Waals surface area contributed by atoms with E-state index in [1.807, 2.05) is 19.1 Å². The van der Waals surface area contributed by atoms with Crippen LogP contribution in [0.3, 0.4) is 0 Å². The molecule has 0 saturated heterocycles. The van der Waals surface area contributed by atoms with Gasteiger partial charge in [0.25, 0.3) is 0 Å². The Kier molecular flexibility index (Phi) is 3.91. The van der Waals surface area contributed by atoms with Crippen molar-refractivity contribution in [2.45, 2.75) is 19.9 Å². The van der Waals surface area contributed by atoms with E-state index >= 15 is 0 Å². The van der Waals surface area contributed by atoms with Crippen LogP contribution < -0.4 is 5.32 Å². The maximum atomic E-state index is 11.1. The number of hydrogen-bond acceptors (Lipinski definition) is 3. The molecule has 0 saturated carbocycles. The number of carbonyl (C=O) groups is 1. The molecule has 4 nitrogen and oxygen atoms in total.